The SMILES string of the molecule is CC1CC(C)CN(C(=O)c2cccc(S(=O)(=O)Nc3ccccc3F)c2)C1. The predicted octanol–water partition coefficient (Wildman–Crippen LogP) is 3.74. The smallest absolute Gasteiger partial charge is 0.262 e. The van der Waals surface area contributed by atoms with Gasteiger partial charge in [-0.3, -0.25) is 9.52 Å². The number of benzene rings is 2. The largest absolute Gasteiger partial charge is 0.338 e. The average Bonchev–Trinajstić information content (AvgIpc) is 2.62. The Morgan fingerprint density at radius 2 is 1.74 bits per heavy atom. The number of carbonyl (C=O) groups excluding carboxylic acids is 1. The minimum atomic E-state index is -4.00. The number of amides is 1. The van der Waals surface area contributed by atoms with Crippen LogP contribution in [0, 0.1) is 17.7 Å². The summed E-state index contributed by atoms with van der Waals surface area (Å²) in [4.78, 5) is 14.5. The summed E-state index contributed by atoms with van der Waals surface area (Å²) in [5.41, 5.74) is 0.181. The van der Waals surface area contributed by atoms with Crippen molar-refractivity contribution in [2.45, 2.75) is 25.2 Å². The van der Waals surface area contributed by atoms with Gasteiger partial charge < -0.3 is 4.90 Å². The number of nitrogens with one attached hydrogen (secondary N) is 1. The van der Waals surface area contributed by atoms with Crippen molar-refractivity contribution in [2.24, 2.45) is 11.8 Å². The second-order valence-corrected chi connectivity index (χ2v) is 8.95. The number of piperidine rings is 1. The van der Waals surface area contributed by atoms with Crippen molar-refractivity contribution < 1.29 is 17.6 Å². The Balaban J connectivity index is 1.84. The lowest BCUT2D eigenvalue weighted by atomic mass is 9.91. The number of halogens is 1. The summed E-state index contributed by atoms with van der Waals surface area (Å²) >= 11 is 0. The lowest BCUT2D eigenvalue weighted by Crippen LogP contribution is -2.42. The van der Waals surface area contributed by atoms with E-state index in [0.29, 0.717) is 30.5 Å². The molecule has 7 heteroatoms. The van der Waals surface area contributed by atoms with Crippen LogP contribution in [0.25, 0.3) is 0 Å². The second kappa shape index (κ2) is 7.68. The molecule has 27 heavy (non-hydrogen) atoms. The fraction of sp³-hybridized carbons (Fsp3) is 0.350. The lowest BCUT2D eigenvalue weighted by Gasteiger charge is -2.35. The molecule has 2 atom stereocenters. The number of hydrogen-bond acceptors (Lipinski definition) is 3. The second-order valence-electron chi connectivity index (χ2n) is 7.27. The zero-order valence-corrected chi connectivity index (χ0v) is 16.2. The average molecular weight is 390 g/mol. The first-order valence-corrected chi connectivity index (χ1v) is 10.4. The molecular weight excluding hydrogens is 367 g/mol. The van der Waals surface area contributed by atoms with Crippen molar-refractivity contribution in [1.82, 2.24) is 4.90 Å². The highest BCUT2D eigenvalue weighted by Gasteiger charge is 2.27. The Kier molecular flexibility index (Phi) is 5.51. The van der Waals surface area contributed by atoms with E-state index in [9.17, 15) is 17.6 Å². The normalized spacial score (nSPS) is 20.3. The highest BCUT2D eigenvalue weighted by atomic mass is 32.2. The monoisotopic (exact) mass is 390 g/mol. The minimum absolute atomic E-state index is 0.0743. The predicted molar refractivity (Wildman–Crippen MR) is 102 cm³/mol. The highest BCUT2D eigenvalue weighted by Crippen LogP contribution is 2.24. The standard InChI is InChI=1S/C20H23FN2O3S/c1-14-10-15(2)13-23(12-14)20(24)16-6-5-7-17(11-16)27(25,26)22-19-9-4-3-8-18(19)21/h3-9,11,14-15,22H,10,12-13H2,1-2H3. The number of nitrogens with zero attached hydrogens (tertiary/aromatic N) is 1. The van der Waals surface area contributed by atoms with Crippen molar-refractivity contribution in [3.63, 3.8) is 0 Å². The molecule has 0 aromatic heterocycles. The molecule has 3 rings (SSSR count). The topological polar surface area (TPSA) is 66.5 Å². The first-order valence-electron chi connectivity index (χ1n) is 8.93. The van der Waals surface area contributed by atoms with Crippen molar-refractivity contribution in [2.75, 3.05) is 17.8 Å². The van der Waals surface area contributed by atoms with E-state index in [2.05, 4.69) is 18.6 Å². The number of rotatable bonds is 4. The van der Waals surface area contributed by atoms with Crippen molar-refractivity contribution in [1.29, 1.82) is 0 Å². The lowest BCUT2D eigenvalue weighted by molar-refractivity contribution is 0.0623. The Labute approximate surface area is 159 Å². The van der Waals surface area contributed by atoms with E-state index >= 15 is 0 Å². The maximum Gasteiger partial charge on any atom is 0.262 e. The fourth-order valence-electron chi connectivity index (χ4n) is 3.56. The zero-order chi connectivity index (χ0) is 19.6. The third-order valence-electron chi connectivity index (χ3n) is 4.67. The number of sulfonamides is 1. The molecule has 1 saturated heterocycles. The van der Waals surface area contributed by atoms with Gasteiger partial charge in [0.25, 0.3) is 15.9 Å². The van der Waals surface area contributed by atoms with Gasteiger partial charge in [-0.15, -0.1) is 0 Å². The van der Waals surface area contributed by atoms with E-state index in [1.807, 2.05) is 0 Å². The van der Waals surface area contributed by atoms with Crippen LogP contribution in [-0.4, -0.2) is 32.3 Å². The van der Waals surface area contributed by atoms with Crippen LogP contribution in [-0.2, 0) is 10.0 Å². The molecule has 2 aromatic carbocycles. The van der Waals surface area contributed by atoms with Crippen LogP contribution in [0.4, 0.5) is 10.1 Å². The van der Waals surface area contributed by atoms with Crippen molar-refractivity contribution >= 4 is 21.6 Å². The van der Waals surface area contributed by atoms with Gasteiger partial charge in [0.15, 0.2) is 0 Å². The first-order chi connectivity index (χ1) is 12.8. The molecule has 0 spiro atoms. The first kappa shape index (κ1) is 19.4. The van der Waals surface area contributed by atoms with Crippen LogP contribution in [0.2, 0.25) is 0 Å². The Hall–Kier alpha value is -2.41. The van der Waals surface area contributed by atoms with Gasteiger partial charge in [-0.25, -0.2) is 12.8 Å². The van der Waals surface area contributed by atoms with E-state index in [0.717, 1.165) is 6.42 Å². The number of para-hydroxylation sites is 1. The maximum absolute atomic E-state index is 13.8. The molecule has 2 unspecified atom stereocenters. The molecule has 1 amide bonds. The van der Waals surface area contributed by atoms with E-state index in [1.54, 1.807) is 17.0 Å². The third-order valence-corrected chi connectivity index (χ3v) is 6.03. The molecule has 0 aliphatic carbocycles. The van der Waals surface area contributed by atoms with Crippen LogP contribution < -0.4 is 4.72 Å². The molecule has 5 nitrogen and oxygen atoms in total. The molecule has 1 aliphatic rings. The quantitative estimate of drug-likeness (QED) is 0.865. The van der Waals surface area contributed by atoms with Gasteiger partial charge in [0, 0.05) is 18.7 Å². The maximum atomic E-state index is 13.8. The van der Waals surface area contributed by atoms with Gasteiger partial charge >= 0.3 is 0 Å². The number of anilines is 1. The molecular formula is C20H23FN2O3S. The van der Waals surface area contributed by atoms with Gasteiger partial charge in [-0.05, 0) is 48.6 Å². The number of hydrogen-bond donors (Lipinski definition) is 1. The fourth-order valence-corrected chi connectivity index (χ4v) is 4.67. The molecule has 0 radical (unpaired) electrons. The Morgan fingerprint density at radius 1 is 1.07 bits per heavy atom. The Morgan fingerprint density at radius 3 is 2.41 bits per heavy atom. The summed E-state index contributed by atoms with van der Waals surface area (Å²) in [7, 11) is -4.00. The van der Waals surface area contributed by atoms with Gasteiger partial charge in [-0.2, -0.15) is 0 Å². The summed E-state index contributed by atoms with van der Waals surface area (Å²) in [6.45, 7) is 5.53. The van der Waals surface area contributed by atoms with Crippen LogP contribution >= 0.6 is 0 Å². The van der Waals surface area contributed by atoms with Gasteiger partial charge in [0.1, 0.15) is 5.82 Å². The van der Waals surface area contributed by atoms with Crippen LogP contribution in [0.1, 0.15) is 30.6 Å². The summed E-state index contributed by atoms with van der Waals surface area (Å²) in [5.74, 6) is -0.0272. The molecule has 0 bridgehead atoms. The third kappa shape index (κ3) is 4.47. The van der Waals surface area contributed by atoms with Gasteiger partial charge in [0.05, 0.1) is 10.6 Å². The van der Waals surface area contributed by atoms with Crippen LogP contribution in [0.3, 0.4) is 0 Å². The molecule has 1 N–H and O–H groups in total. The Bertz CT molecular complexity index is 936. The number of likely N-dealkylation sites (tertiary alicyclic amines) is 1. The highest BCUT2D eigenvalue weighted by molar-refractivity contribution is 7.92. The van der Waals surface area contributed by atoms with Crippen LogP contribution in [0.5, 0.6) is 0 Å². The molecule has 144 valence electrons. The van der Waals surface area contributed by atoms with E-state index < -0.39 is 15.8 Å². The summed E-state index contributed by atoms with van der Waals surface area (Å²) in [5, 5.41) is 0. The van der Waals surface area contributed by atoms with E-state index in [-0.39, 0.29) is 16.5 Å². The van der Waals surface area contributed by atoms with E-state index in [1.165, 1.54) is 36.4 Å². The molecule has 2 aromatic rings. The van der Waals surface area contributed by atoms with Gasteiger partial charge in [-0.1, -0.05) is 32.0 Å². The summed E-state index contributed by atoms with van der Waals surface area (Å²) in [6, 6.07) is 11.4. The molecule has 1 fully saturated rings. The molecule has 0 saturated carbocycles. The van der Waals surface area contributed by atoms with Crippen LogP contribution in [0.15, 0.2) is 53.4 Å². The zero-order valence-electron chi connectivity index (χ0n) is 15.4. The van der Waals surface area contributed by atoms with Gasteiger partial charge in [0.2, 0.25) is 0 Å². The molecule has 1 heterocycles. The number of carbonyl (C=O) groups is 1. The summed E-state index contributed by atoms with van der Waals surface area (Å²) in [6.07, 6.45) is 1.07. The summed E-state index contributed by atoms with van der Waals surface area (Å²) < 4.78 is 41.2. The van der Waals surface area contributed by atoms with Crippen molar-refractivity contribution in [3.05, 3.63) is 59.9 Å². The molecule has 1 aliphatic heterocycles. The minimum Gasteiger partial charge on any atom is -0.338 e. The van der Waals surface area contributed by atoms with Crippen molar-refractivity contribution in [3.8, 4) is 0 Å². The van der Waals surface area contributed by atoms with E-state index in [4.69, 9.17) is 0 Å².